The first-order valence-corrected chi connectivity index (χ1v) is 8.02. The van der Waals surface area contributed by atoms with Crippen LogP contribution in [0.5, 0.6) is 0 Å². The predicted octanol–water partition coefficient (Wildman–Crippen LogP) is 4.40. The number of hydrogen-bond acceptors (Lipinski definition) is 1. The van der Waals surface area contributed by atoms with Crippen molar-refractivity contribution in [2.45, 2.75) is 24.1 Å². The maximum absolute atomic E-state index is 12.0. The molecule has 2 atom stereocenters. The molecule has 1 aromatic rings. The van der Waals surface area contributed by atoms with Crippen LogP contribution in [0.25, 0.3) is 0 Å². The average Bonchev–Trinajstić information content (AvgIpc) is 2.72. The van der Waals surface area contributed by atoms with Crippen LogP contribution in [0.3, 0.4) is 0 Å². The van der Waals surface area contributed by atoms with Gasteiger partial charge in [0.05, 0.1) is 5.56 Å². The third-order valence-electron chi connectivity index (χ3n) is 3.20. The third-order valence-corrected chi connectivity index (χ3v) is 4.93. The van der Waals surface area contributed by atoms with E-state index in [1.165, 1.54) is 12.8 Å². The first-order valence-electron chi connectivity index (χ1n) is 5.93. The Morgan fingerprint density at radius 2 is 2.22 bits per heavy atom. The van der Waals surface area contributed by atoms with Crippen molar-refractivity contribution in [3.05, 3.63) is 33.3 Å². The van der Waals surface area contributed by atoms with Gasteiger partial charge in [-0.25, -0.2) is 0 Å². The molecule has 0 heterocycles. The van der Waals surface area contributed by atoms with Crippen molar-refractivity contribution in [1.82, 2.24) is 5.32 Å². The second kappa shape index (κ2) is 6.40. The van der Waals surface area contributed by atoms with Crippen molar-refractivity contribution in [3.8, 4) is 0 Å². The fourth-order valence-corrected chi connectivity index (χ4v) is 3.86. The lowest BCUT2D eigenvalue weighted by Crippen LogP contribution is -2.28. The summed E-state index contributed by atoms with van der Waals surface area (Å²) in [6.07, 6.45) is 3.52. The number of amides is 1. The maximum atomic E-state index is 12.0. The van der Waals surface area contributed by atoms with Crippen molar-refractivity contribution >= 4 is 49.4 Å². The summed E-state index contributed by atoms with van der Waals surface area (Å²) < 4.78 is 0.734. The molecule has 2 nitrogen and oxygen atoms in total. The molecule has 2 unspecified atom stereocenters. The molecular formula is C13H14Br2ClNO. The van der Waals surface area contributed by atoms with E-state index < -0.39 is 0 Å². The summed E-state index contributed by atoms with van der Waals surface area (Å²) in [6, 6.07) is 5.20. The van der Waals surface area contributed by atoms with Crippen LogP contribution in [-0.4, -0.2) is 17.3 Å². The summed E-state index contributed by atoms with van der Waals surface area (Å²) in [5, 5.41) is 3.61. The fourth-order valence-electron chi connectivity index (χ4n) is 2.21. The number of benzene rings is 1. The highest BCUT2D eigenvalue weighted by molar-refractivity contribution is 9.10. The summed E-state index contributed by atoms with van der Waals surface area (Å²) in [5.74, 6) is 0.543. The Bertz CT molecular complexity index is 453. The monoisotopic (exact) mass is 393 g/mol. The van der Waals surface area contributed by atoms with Gasteiger partial charge in [-0.15, -0.1) is 0 Å². The number of alkyl halides is 1. The number of carbonyl (C=O) groups is 1. The first kappa shape index (κ1) is 14.4. The molecule has 1 saturated carbocycles. The normalized spacial score (nSPS) is 23.1. The van der Waals surface area contributed by atoms with E-state index >= 15 is 0 Å². The van der Waals surface area contributed by atoms with Crippen LogP contribution in [-0.2, 0) is 0 Å². The highest BCUT2D eigenvalue weighted by Gasteiger charge is 2.23. The second-order valence-corrected chi connectivity index (χ2v) is 7.20. The summed E-state index contributed by atoms with van der Waals surface area (Å²) in [4.78, 5) is 12.6. The third kappa shape index (κ3) is 3.72. The molecule has 1 N–H and O–H groups in total. The molecule has 1 aliphatic carbocycles. The van der Waals surface area contributed by atoms with Crippen LogP contribution < -0.4 is 5.32 Å². The molecule has 1 amide bonds. The van der Waals surface area contributed by atoms with E-state index in [9.17, 15) is 4.79 Å². The van der Waals surface area contributed by atoms with Gasteiger partial charge in [0.15, 0.2) is 0 Å². The molecule has 0 bridgehead atoms. The Morgan fingerprint density at radius 3 is 2.83 bits per heavy atom. The average molecular weight is 396 g/mol. The summed E-state index contributed by atoms with van der Waals surface area (Å²) in [7, 11) is 0. The van der Waals surface area contributed by atoms with Crippen LogP contribution in [0.15, 0.2) is 22.7 Å². The SMILES string of the molecule is O=C(NCC1CCC(Br)C1)c1ccc(Cl)cc1Br. The maximum Gasteiger partial charge on any atom is 0.252 e. The van der Waals surface area contributed by atoms with Gasteiger partial charge in [0.25, 0.3) is 5.91 Å². The molecule has 1 fully saturated rings. The number of halogens is 3. The molecular weight excluding hydrogens is 381 g/mol. The zero-order valence-electron chi connectivity index (χ0n) is 9.76. The zero-order valence-corrected chi connectivity index (χ0v) is 13.7. The van der Waals surface area contributed by atoms with Crippen LogP contribution in [0.1, 0.15) is 29.6 Å². The lowest BCUT2D eigenvalue weighted by Gasteiger charge is -2.11. The molecule has 18 heavy (non-hydrogen) atoms. The molecule has 0 aromatic heterocycles. The Morgan fingerprint density at radius 1 is 1.44 bits per heavy atom. The van der Waals surface area contributed by atoms with Gasteiger partial charge in [-0.2, -0.15) is 0 Å². The van der Waals surface area contributed by atoms with E-state index in [0.717, 1.165) is 17.4 Å². The Balaban J connectivity index is 1.91. The first-order chi connectivity index (χ1) is 8.56. The Kier molecular flexibility index (Phi) is 5.10. The molecule has 1 aliphatic rings. The molecule has 0 saturated heterocycles. The topological polar surface area (TPSA) is 29.1 Å². The van der Waals surface area contributed by atoms with Crippen molar-refractivity contribution in [1.29, 1.82) is 0 Å². The zero-order chi connectivity index (χ0) is 13.1. The van der Waals surface area contributed by atoms with Crippen molar-refractivity contribution < 1.29 is 4.79 Å². The van der Waals surface area contributed by atoms with E-state index in [-0.39, 0.29) is 5.91 Å². The van der Waals surface area contributed by atoms with Gasteiger partial charge < -0.3 is 5.32 Å². The lowest BCUT2D eigenvalue weighted by atomic mass is 10.1. The predicted molar refractivity (Wildman–Crippen MR) is 81.5 cm³/mol. The molecule has 1 aromatic carbocycles. The number of rotatable bonds is 3. The molecule has 98 valence electrons. The molecule has 0 radical (unpaired) electrons. The Labute approximate surface area is 129 Å². The van der Waals surface area contributed by atoms with E-state index in [4.69, 9.17) is 11.6 Å². The van der Waals surface area contributed by atoms with Gasteiger partial charge in [0, 0.05) is 20.9 Å². The van der Waals surface area contributed by atoms with Gasteiger partial charge in [0.2, 0.25) is 0 Å². The van der Waals surface area contributed by atoms with Crippen LogP contribution >= 0.6 is 43.5 Å². The number of nitrogens with one attached hydrogen (secondary N) is 1. The van der Waals surface area contributed by atoms with Gasteiger partial charge >= 0.3 is 0 Å². The standard InChI is InChI=1S/C13H14Br2ClNO/c14-9-2-1-8(5-9)7-17-13(18)11-4-3-10(16)6-12(11)15/h3-4,6,8-9H,1-2,5,7H2,(H,17,18). The van der Waals surface area contributed by atoms with E-state index in [0.29, 0.717) is 21.3 Å². The quantitative estimate of drug-likeness (QED) is 0.756. The van der Waals surface area contributed by atoms with E-state index in [1.807, 2.05) is 0 Å². The highest BCUT2D eigenvalue weighted by Crippen LogP contribution is 2.30. The molecule has 0 aliphatic heterocycles. The van der Waals surface area contributed by atoms with Crippen molar-refractivity contribution in [2.75, 3.05) is 6.54 Å². The number of carbonyl (C=O) groups excluding carboxylic acids is 1. The fraction of sp³-hybridized carbons (Fsp3) is 0.462. The number of hydrogen-bond donors (Lipinski definition) is 1. The van der Waals surface area contributed by atoms with E-state index in [2.05, 4.69) is 37.2 Å². The van der Waals surface area contributed by atoms with Gasteiger partial charge in [-0.1, -0.05) is 27.5 Å². The van der Waals surface area contributed by atoms with Crippen molar-refractivity contribution in [3.63, 3.8) is 0 Å². The van der Waals surface area contributed by atoms with Crippen LogP contribution in [0, 0.1) is 5.92 Å². The Hall–Kier alpha value is -0.0600. The molecule has 5 heteroatoms. The summed E-state index contributed by atoms with van der Waals surface area (Å²) in [5.41, 5.74) is 0.632. The minimum Gasteiger partial charge on any atom is -0.352 e. The van der Waals surface area contributed by atoms with Gasteiger partial charge in [-0.3, -0.25) is 4.79 Å². The van der Waals surface area contributed by atoms with Gasteiger partial charge in [-0.05, 0) is 59.3 Å². The van der Waals surface area contributed by atoms with E-state index in [1.54, 1.807) is 18.2 Å². The lowest BCUT2D eigenvalue weighted by molar-refractivity contribution is 0.0946. The largest absolute Gasteiger partial charge is 0.352 e. The minimum absolute atomic E-state index is 0.0448. The summed E-state index contributed by atoms with van der Waals surface area (Å²) >= 11 is 12.8. The molecule has 0 spiro atoms. The van der Waals surface area contributed by atoms with Gasteiger partial charge in [0.1, 0.15) is 0 Å². The summed E-state index contributed by atoms with van der Waals surface area (Å²) in [6.45, 7) is 0.746. The minimum atomic E-state index is -0.0448. The molecule has 2 rings (SSSR count). The van der Waals surface area contributed by atoms with Crippen molar-refractivity contribution in [2.24, 2.45) is 5.92 Å². The van der Waals surface area contributed by atoms with Crippen LogP contribution in [0.2, 0.25) is 5.02 Å². The van der Waals surface area contributed by atoms with Crippen LogP contribution in [0.4, 0.5) is 0 Å². The second-order valence-electron chi connectivity index (χ2n) is 4.61. The smallest absolute Gasteiger partial charge is 0.252 e. The highest BCUT2D eigenvalue weighted by atomic mass is 79.9.